The molecule has 6 heteroatoms. The lowest BCUT2D eigenvalue weighted by Gasteiger charge is -2.36. The number of methoxy groups -OCH3 is 1. The summed E-state index contributed by atoms with van der Waals surface area (Å²) in [5, 5.41) is 3.12. The van der Waals surface area contributed by atoms with Crippen LogP contribution in [-0.2, 0) is 6.54 Å². The van der Waals surface area contributed by atoms with E-state index in [-0.39, 0.29) is 17.9 Å². The van der Waals surface area contributed by atoms with Gasteiger partial charge in [-0.1, -0.05) is 30.3 Å². The third-order valence-corrected chi connectivity index (χ3v) is 6.07. The number of benzene rings is 2. The van der Waals surface area contributed by atoms with E-state index >= 15 is 0 Å². The highest BCUT2D eigenvalue weighted by Gasteiger charge is 2.30. The minimum atomic E-state index is -0.420. The molecule has 3 aromatic rings. The van der Waals surface area contributed by atoms with E-state index in [4.69, 9.17) is 4.74 Å². The Kier molecular flexibility index (Phi) is 7.12. The molecule has 0 saturated carbocycles. The fourth-order valence-electron chi connectivity index (χ4n) is 4.37. The van der Waals surface area contributed by atoms with Crippen LogP contribution in [0.1, 0.15) is 40.5 Å². The topological polar surface area (TPSA) is 54.5 Å². The van der Waals surface area contributed by atoms with Crippen LogP contribution in [0.2, 0.25) is 0 Å². The Hall–Kier alpha value is -3.25. The van der Waals surface area contributed by atoms with Crippen molar-refractivity contribution in [2.75, 3.05) is 20.2 Å². The van der Waals surface area contributed by atoms with Crippen molar-refractivity contribution in [1.29, 1.82) is 0 Å². The number of likely N-dealkylation sites (tertiary alicyclic amines) is 1. The molecular weight excluding hydrogens is 405 g/mol. The average Bonchev–Trinajstić information content (AvgIpc) is 2.84. The molecule has 0 bridgehead atoms. The number of carbonyl (C=O) groups excluding carboxylic acids is 1. The van der Waals surface area contributed by atoms with E-state index in [0.717, 1.165) is 43.9 Å². The quantitative estimate of drug-likeness (QED) is 0.591. The zero-order chi connectivity index (χ0) is 22.3. The van der Waals surface area contributed by atoms with Gasteiger partial charge in [-0.25, -0.2) is 4.39 Å². The summed E-state index contributed by atoms with van der Waals surface area (Å²) < 4.78 is 19.1. The van der Waals surface area contributed by atoms with Crippen LogP contribution in [-0.4, -0.2) is 36.0 Å². The van der Waals surface area contributed by atoms with Gasteiger partial charge >= 0.3 is 0 Å². The zero-order valence-corrected chi connectivity index (χ0v) is 18.2. The van der Waals surface area contributed by atoms with Crippen LogP contribution in [0.25, 0.3) is 0 Å². The summed E-state index contributed by atoms with van der Waals surface area (Å²) in [5.74, 6) is 0.452. The summed E-state index contributed by atoms with van der Waals surface area (Å²) in [6, 6.07) is 19.4. The summed E-state index contributed by atoms with van der Waals surface area (Å²) in [7, 11) is 1.70. The predicted octanol–water partition coefficient (Wildman–Crippen LogP) is 4.61. The van der Waals surface area contributed by atoms with Gasteiger partial charge < -0.3 is 10.1 Å². The van der Waals surface area contributed by atoms with Crippen LogP contribution in [0.5, 0.6) is 5.75 Å². The van der Waals surface area contributed by atoms with Gasteiger partial charge in [0.1, 0.15) is 11.6 Å². The Morgan fingerprint density at radius 2 is 1.91 bits per heavy atom. The SMILES string of the molecule is COc1ccccc1CN1CCC([C@H](NC(=O)c2cccc(F)c2)c2ccccn2)CC1. The fourth-order valence-corrected chi connectivity index (χ4v) is 4.37. The summed E-state index contributed by atoms with van der Waals surface area (Å²) in [6.07, 6.45) is 3.60. The van der Waals surface area contributed by atoms with Crippen molar-refractivity contribution < 1.29 is 13.9 Å². The summed E-state index contributed by atoms with van der Waals surface area (Å²) in [4.78, 5) is 19.8. The molecule has 1 saturated heterocycles. The van der Waals surface area contributed by atoms with Crippen molar-refractivity contribution in [3.63, 3.8) is 0 Å². The monoisotopic (exact) mass is 433 g/mol. The molecule has 1 fully saturated rings. The average molecular weight is 434 g/mol. The maximum Gasteiger partial charge on any atom is 0.251 e. The minimum Gasteiger partial charge on any atom is -0.496 e. The largest absolute Gasteiger partial charge is 0.496 e. The van der Waals surface area contributed by atoms with Crippen LogP contribution in [0.15, 0.2) is 72.9 Å². The first-order chi connectivity index (χ1) is 15.6. The number of para-hydroxylation sites is 1. The molecule has 0 radical (unpaired) electrons. The molecular formula is C26H28FN3O2. The number of nitrogens with zero attached hydrogens (tertiary/aromatic N) is 2. The molecule has 2 aromatic carbocycles. The van der Waals surface area contributed by atoms with Crippen molar-refractivity contribution in [2.45, 2.75) is 25.4 Å². The first-order valence-corrected chi connectivity index (χ1v) is 11.0. The number of ether oxygens (including phenoxy) is 1. The molecule has 0 unspecified atom stereocenters. The van der Waals surface area contributed by atoms with E-state index in [0.29, 0.717) is 5.56 Å². The van der Waals surface area contributed by atoms with Crippen LogP contribution < -0.4 is 10.1 Å². The predicted molar refractivity (Wildman–Crippen MR) is 122 cm³/mol. The highest BCUT2D eigenvalue weighted by molar-refractivity contribution is 5.94. The number of hydrogen-bond donors (Lipinski definition) is 1. The second kappa shape index (κ2) is 10.4. The van der Waals surface area contributed by atoms with E-state index in [1.807, 2.05) is 36.4 Å². The third kappa shape index (κ3) is 5.32. The first kappa shape index (κ1) is 22.0. The second-order valence-electron chi connectivity index (χ2n) is 8.14. The normalized spacial score (nSPS) is 15.8. The molecule has 0 aliphatic carbocycles. The number of halogens is 1. The fraction of sp³-hybridized carbons (Fsp3) is 0.308. The van der Waals surface area contributed by atoms with E-state index in [2.05, 4.69) is 21.3 Å². The van der Waals surface area contributed by atoms with Gasteiger partial charge in [0.25, 0.3) is 5.91 Å². The van der Waals surface area contributed by atoms with Gasteiger partial charge in [0.15, 0.2) is 0 Å². The zero-order valence-electron chi connectivity index (χ0n) is 18.2. The summed E-state index contributed by atoms with van der Waals surface area (Å²) in [5.41, 5.74) is 2.33. The van der Waals surface area contributed by atoms with Crippen molar-refractivity contribution in [2.24, 2.45) is 5.92 Å². The highest BCUT2D eigenvalue weighted by atomic mass is 19.1. The smallest absolute Gasteiger partial charge is 0.251 e. The van der Waals surface area contributed by atoms with E-state index < -0.39 is 5.82 Å². The Morgan fingerprint density at radius 3 is 2.62 bits per heavy atom. The van der Waals surface area contributed by atoms with Gasteiger partial charge in [0.2, 0.25) is 0 Å². The lowest BCUT2D eigenvalue weighted by molar-refractivity contribution is 0.0887. The maximum atomic E-state index is 13.6. The summed E-state index contributed by atoms with van der Waals surface area (Å²) in [6.45, 7) is 2.67. The Labute approximate surface area is 188 Å². The molecule has 1 aliphatic heterocycles. The number of carbonyl (C=O) groups is 1. The molecule has 2 heterocycles. The molecule has 5 nitrogen and oxygen atoms in total. The first-order valence-electron chi connectivity index (χ1n) is 11.0. The van der Waals surface area contributed by atoms with Crippen molar-refractivity contribution in [1.82, 2.24) is 15.2 Å². The van der Waals surface area contributed by atoms with Crippen LogP contribution in [0, 0.1) is 11.7 Å². The number of pyridine rings is 1. The van der Waals surface area contributed by atoms with Gasteiger partial charge in [-0.15, -0.1) is 0 Å². The lowest BCUT2D eigenvalue weighted by atomic mass is 9.87. The molecule has 0 spiro atoms. The second-order valence-corrected chi connectivity index (χ2v) is 8.14. The molecule has 4 rings (SSSR count). The molecule has 1 aromatic heterocycles. The Bertz CT molecular complexity index is 1040. The third-order valence-electron chi connectivity index (χ3n) is 6.07. The number of aromatic nitrogens is 1. The lowest BCUT2D eigenvalue weighted by Crippen LogP contribution is -2.40. The molecule has 1 amide bonds. The number of hydrogen-bond acceptors (Lipinski definition) is 4. The van der Waals surface area contributed by atoms with E-state index in [9.17, 15) is 9.18 Å². The minimum absolute atomic E-state index is 0.222. The number of piperidine rings is 1. The van der Waals surface area contributed by atoms with E-state index in [1.165, 1.54) is 17.7 Å². The van der Waals surface area contributed by atoms with Gasteiger partial charge in [-0.05, 0) is 68.2 Å². The molecule has 1 aliphatic rings. The number of amides is 1. The van der Waals surface area contributed by atoms with Crippen molar-refractivity contribution in [3.05, 3.63) is 95.6 Å². The van der Waals surface area contributed by atoms with Crippen molar-refractivity contribution >= 4 is 5.91 Å². The molecule has 166 valence electrons. The van der Waals surface area contributed by atoms with Gasteiger partial charge in [0.05, 0.1) is 18.8 Å². The van der Waals surface area contributed by atoms with Gasteiger partial charge in [-0.2, -0.15) is 0 Å². The maximum absolute atomic E-state index is 13.6. The standard InChI is InChI=1S/C26H28FN3O2/c1-32-24-11-3-2-7-21(24)18-30-15-12-19(13-16-30)25(23-10-4-5-14-28-23)29-26(31)20-8-6-9-22(27)17-20/h2-11,14,17,19,25H,12-13,15-16,18H2,1H3,(H,29,31)/t25-/m0/s1. The molecule has 32 heavy (non-hydrogen) atoms. The van der Waals surface area contributed by atoms with Gasteiger partial charge in [-0.3, -0.25) is 14.7 Å². The highest BCUT2D eigenvalue weighted by Crippen LogP contribution is 2.31. The Balaban J connectivity index is 1.45. The Morgan fingerprint density at radius 1 is 1.12 bits per heavy atom. The van der Waals surface area contributed by atoms with Crippen LogP contribution in [0.3, 0.4) is 0 Å². The van der Waals surface area contributed by atoms with Gasteiger partial charge in [0, 0.05) is 23.9 Å². The molecule has 1 atom stereocenters. The van der Waals surface area contributed by atoms with Crippen molar-refractivity contribution in [3.8, 4) is 5.75 Å². The number of rotatable bonds is 7. The summed E-state index contributed by atoms with van der Waals surface area (Å²) >= 11 is 0. The van der Waals surface area contributed by atoms with E-state index in [1.54, 1.807) is 25.4 Å². The molecule has 1 N–H and O–H groups in total. The van der Waals surface area contributed by atoms with Crippen LogP contribution in [0.4, 0.5) is 4.39 Å². The van der Waals surface area contributed by atoms with Crippen LogP contribution >= 0.6 is 0 Å². The number of nitrogens with one attached hydrogen (secondary N) is 1.